The van der Waals surface area contributed by atoms with Crippen molar-refractivity contribution in [2.75, 3.05) is 37.8 Å². The number of carbonyl (C=O) groups is 2. The van der Waals surface area contributed by atoms with Gasteiger partial charge in [-0.3, -0.25) is 9.59 Å². The van der Waals surface area contributed by atoms with Crippen LogP contribution in [-0.4, -0.2) is 51.1 Å². The molecule has 0 aromatic heterocycles. The third-order valence-corrected chi connectivity index (χ3v) is 6.72. The van der Waals surface area contributed by atoms with Crippen molar-refractivity contribution in [1.29, 1.82) is 0 Å². The van der Waals surface area contributed by atoms with Crippen molar-refractivity contribution >= 4 is 23.2 Å². The van der Waals surface area contributed by atoms with Crippen molar-refractivity contribution in [3.05, 3.63) is 48.6 Å². The van der Waals surface area contributed by atoms with Gasteiger partial charge in [-0.2, -0.15) is 0 Å². The summed E-state index contributed by atoms with van der Waals surface area (Å²) in [7, 11) is 3.08. The van der Waals surface area contributed by atoms with Crippen LogP contribution in [0, 0.1) is 11.8 Å². The maximum atomic E-state index is 13.5. The molecule has 1 N–H and O–H groups in total. The molecule has 0 radical (unpaired) electrons. The Bertz CT molecular complexity index is 1200. The Morgan fingerprint density at radius 3 is 2.73 bits per heavy atom. The van der Waals surface area contributed by atoms with Crippen LogP contribution < -0.4 is 29.2 Å². The van der Waals surface area contributed by atoms with Crippen LogP contribution in [0.25, 0.3) is 0 Å². The number of nitrogens with one attached hydrogen (secondary N) is 1. The summed E-state index contributed by atoms with van der Waals surface area (Å²) >= 11 is 0. The smallest absolute Gasteiger partial charge is 0.234 e. The minimum absolute atomic E-state index is 0.145. The van der Waals surface area contributed by atoms with Crippen molar-refractivity contribution in [2.24, 2.45) is 11.8 Å². The average molecular weight is 450 g/mol. The molecule has 6 rings (SSSR count). The largest absolute Gasteiger partial charge is 0.493 e. The fourth-order valence-corrected chi connectivity index (χ4v) is 5.21. The van der Waals surface area contributed by atoms with E-state index in [-0.39, 0.29) is 18.6 Å². The first-order chi connectivity index (χ1) is 16.0. The van der Waals surface area contributed by atoms with E-state index in [9.17, 15) is 9.59 Å². The molecule has 4 aliphatic rings. The first kappa shape index (κ1) is 19.9. The van der Waals surface area contributed by atoms with Gasteiger partial charge in [0, 0.05) is 23.5 Å². The molecule has 4 unspecified atom stereocenters. The lowest BCUT2D eigenvalue weighted by atomic mass is 9.77. The van der Waals surface area contributed by atoms with Crippen LogP contribution in [0.2, 0.25) is 0 Å². The molecule has 1 spiro atoms. The van der Waals surface area contributed by atoms with Crippen LogP contribution in [0.4, 0.5) is 11.4 Å². The SMILES string of the molecule is COc1ccc(NC(=O)C2C3C=CC4(CN(c5ccc6c(c5)OCO6)C(=O)C24)O3)cc1OC. The Kier molecular flexibility index (Phi) is 4.31. The molecule has 9 heteroatoms. The van der Waals surface area contributed by atoms with Crippen molar-refractivity contribution in [3.8, 4) is 23.0 Å². The molecule has 2 aromatic rings. The second kappa shape index (κ2) is 7.14. The molecule has 9 nitrogen and oxygen atoms in total. The number of methoxy groups -OCH3 is 2. The van der Waals surface area contributed by atoms with E-state index in [1.54, 1.807) is 42.3 Å². The van der Waals surface area contributed by atoms with Crippen LogP contribution in [0.5, 0.6) is 23.0 Å². The zero-order valence-electron chi connectivity index (χ0n) is 18.1. The summed E-state index contributed by atoms with van der Waals surface area (Å²) in [6.07, 6.45) is 3.36. The Hall–Kier alpha value is -3.72. The number of benzene rings is 2. The highest BCUT2D eigenvalue weighted by atomic mass is 16.7. The number of rotatable bonds is 5. The van der Waals surface area contributed by atoms with Gasteiger partial charge in [-0.05, 0) is 24.3 Å². The third-order valence-electron chi connectivity index (χ3n) is 6.72. The van der Waals surface area contributed by atoms with Gasteiger partial charge in [0.25, 0.3) is 0 Å². The van der Waals surface area contributed by atoms with E-state index in [1.165, 1.54) is 7.11 Å². The minimum atomic E-state index is -0.822. The monoisotopic (exact) mass is 450 g/mol. The molecule has 33 heavy (non-hydrogen) atoms. The van der Waals surface area contributed by atoms with Crippen molar-refractivity contribution in [3.63, 3.8) is 0 Å². The summed E-state index contributed by atoms with van der Waals surface area (Å²) in [5, 5.41) is 2.92. The summed E-state index contributed by atoms with van der Waals surface area (Å²) in [6.45, 7) is 0.495. The number of amides is 2. The molecule has 4 aliphatic heterocycles. The van der Waals surface area contributed by atoms with E-state index in [4.69, 9.17) is 23.7 Å². The van der Waals surface area contributed by atoms with Gasteiger partial charge in [0.15, 0.2) is 23.0 Å². The zero-order valence-corrected chi connectivity index (χ0v) is 18.1. The number of carbonyl (C=O) groups excluding carboxylic acids is 2. The van der Waals surface area contributed by atoms with Gasteiger partial charge in [-0.25, -0.2) is 0 Å². The van der Waals surface area contributed by atoms with E-state index >= 15 is 0 Å². The Morgan fingerprint density at radius 2 is 1.91 bits per heavy atom. The topological polar surface area (TPSA) is 95.6 Å². The second-order valence-electron chi connectivity index (χ2n) is 8.42. The van der Waals surface area contributed by atoms with Crippen molar-refractivity contribution < 1.29 is 33.3 Å². The first-order valence-electron chi connectivity index (χ1n) is 10.6. The summed E-state index contributed by atoms with van der Waals surface area (Å²) in [4.78, 5) is 28.5. The molecule has 0 saturated carbocycles. The first-order valence-corrected chi connectivity index (χ1v) is 10.6. The third kappa shape index (κ3) is 2.88. The van der Waals surface area contributed by atoms with Gasteiger partial charge in [-0.15, -0.1) is 0 Å². The van der Waals surface area contributed by atoms with E-state index in [0.717, 1.165) is 0 Å². The lowest BCUT2D eigenvalue weighted by Gasteiger charge is -2.23. The minimum Gasteiger partial charge on any atom is -0.493 e. The highest BCUT2D eigenvalue weighted by molar-refractivity contribution is 6.05. The summed E-state index contributed by atoms with van der Waals surface area (Å²) in [5.41, 5.74) is 0.418. The fraction of sp³-hybridized carbons (Fsp3) is 0.333. The summed E-state index contributed by atoms with van der Waals surface area (Å²) in [5.74, 6) is 0.629. The van der Waals surface area contributed by atoms with Crippen LogP contribution in [0.3, 0.4) is 0 Å². The summed E-state index contributed by atoms with van der Waals surface area (Å²) in [6, 6.07) is 10.5. The number of anilines is 2. The maximum absolute atomic E-state index is 13.5. The van der Waals surface area contributed by atoms with Crippen LogP contribution in [-0.2, 0) is 14.3 Å². The van der Waals surface area contributed by atoms with Crippen molar-refractivity contribution in [2.45, 2.75) is 11.7 Å². The van der Waals surface area contributed by atoms with E-state index < -0.39 is 23.5 Å². The average Bonchev–Trinajstić information content (AvgIpc) is 3.59. The number of hydrogen-bond acceptors (Lipinski definition) is 7. The number of ether oxygens (including phenoxy) is 5. The van der Waals surface area contributed by atoms with Gasteiger partial charge in [0.1, 0.15) is 5.60 Å². The molecule has 2 saturated heterocycles. The Morgan fingerprint density at radius 1 is 1.09 bits per heavy atom. The van der Waals surface area contributed by atoms with Crippen LogP contribution in [0.15, 0.2) is 48.6 Å². The van der Waals surface area contributed by atoms with Gasteiger partial charge < -0.3 is 33.9 Å². The molecule has 2 aromatic carbocycles. The lowest BCUT2D eigenvalue weighted by Crippen LogP contribution is -2.41. The number of hydrogen-bond donors (Lipinski definition) is 1. The molecule has 170 valence electrons. The lowest BCUT2D eigenvalue weighted by molar-refractivity contribution is -0.128. The zero-order chi connectivity index (χ0) is 22.7. The molecule has 4 heterocycles. The van der Waals surface area contributed by atoms with E-state index in [2.05, 4.69) is 5.32 Å². The second-order valence-corrected chi connectivity index (χ2v) is 8.42. The predicted molar refractivity (Wildman–Crippen MR) is 117 cm³/mol. The number of nitrogens with zero attached hydrogens (tertiary/aromatic N) is 1. The Labute approximate surface area is 189 Å². The van der Waals surface area contributed by atoms with Gasteiger partial charge in [0.2, 0.25) is 18.6 Å². The molecule has 4 atom stereocenters. The number of fused-ring (bicyclic) bond motifs is 2. The molecule has 2 bridgehead atoms. The molecular formula is C24H22N2O7. The maximum Gasteiger partial charge on any atom is 0.234 e. The van der Waals surface area contributed by atoms with Gasteiger partial charge in [0.05, 0.1) is 38.7 Å². The van der Waals surface area contributed by atoms with Crippen molar-refractivity contribution in [1.82, 2.24) is 0 Å². The van der Waals surface area contributed by atoms with Gasteiger partial charge in [-0.1, -0.05) is 12.2 Å². The normalized spacial score (nSPS) is 28.2. The summed E-state index contributed by atoms with van der Waals surface area (Å²) < 4.78 is 27.6. The van der Waals surface area contributed by atoms with Gasteiger partial charge >= 0.3 is 0 Å². The van der Waals surface area contributed by atoms with Crippen LogP contribution >= 0.6 is 0 Å². The Balaban J connectivity index is 1.27. The molecule has 0 aliphatic carbocycles. The quantitative estimate of drug-likeness (QED) is 0.699. The molecular weight excluding hydrogens is 428 g/mol. The highest BCUT2D eigenvalue weighted by Gasteiger charge is 2.67. The van der Waals surface area contributed by atoms with Crippen LogP contribution in [0.1, 0.15) is 0 Å². The van der Waals surface area contributed by atoms with E-state index in [0.29, 0.717) is 40.9 Å². The predicted octanol–water partition coefficient (Wildman–Crippen LogP) is 2.36. The standard InChI is InChI=1S/C24H22N2O7/c1-29-15-5-3-13(9-18(15)30-2)25-22(27)20-17-7-8-24(33-17)11-26(23(28)21(20)24)14-4-6-16-19(10-14)32-12-31-16/h3-10,17,20-21H,11-12H2,1-2H3,(H,25,27). The van der Waals surface area contributed by atoms with E-state index in [1.807, 2.05) is 18.2 Å². The fourth-order valence-electron chi connectivity index (χ4n) is 5.21. The molecule has 2 fully saturated rings. The molecule has 2 amide bonds. The highest BCUT2D eigenvalue weighted by Crippen LogP contribution is 2.53.